The van der Waals surface area contributed by atoms with E-state index in [9.17, 15) is 23.9 Å². The molecule has 26 heavy (non-hydrogen) atoms. The van der Waals surface area contributed by atoms with Crippen LogP contribution in [0, 0.1) is 11.7 Å². The van der Waals surface area contributed by atoms with Crippen LogP contribution >= 0.6 is 0 Å². The summed E-state index contributed by atoms with van der Waals surface area (Å²) in [4.78, 5) is 37.2. The second kappa shape index (κ2) is 7.69. The number of hydrogen-bond acceptors (Lipinski definition) is 4. The summed E-state index contributed by atoms with van der Waals surface area (Å²) in [6.07, 6.45) is 1.31. The number of hydrogen-bond donors (Lipinski definition) is 3. The van der Waals surface area contributed by atoms with Crippen LogP contribution in [0.1, 0.15) is 23.2 Å². The molecular formula is C17H20FN3O5. The molecule has 3 amide bonds. The van der Waals surface area contributed by atoms with Gasteiger partial charge in [0.2, 0.25) is 0 Å². The Morgan fingerprint density at radius 2 is 2.23 bits per heavy atom. The molecule has 2 atom stereocenters. The van der Waals surface area contributed by atoms with E-state index in [1.54, 1.807) is 0 Å². The van der Waals surface area contributed by atoms with Crippen molar-refractivity contribution in [2.24, 2.45) is 5.92 Å². The van der Waals surface area contributed by atoms with Crippen LogP contribution in [0.5, 0.6) is 0 Å². The minimum absolute atomic E-state index is 0.230. The van der Waals surface area contributed by atoms with E-state index in [1.807, 2.05) is 0 Å². The van der Waals surface area contributed by atoms with Crippen molar-refractivity contribution in [2.75, 3.05) is 31.2 Å². The minimum Gasteiger partial charge on any atom is -0.480 e. The number of anilines is 1. The third-order valence-corrected chi connectivity index (χ3v) is 4.58. The molecule has 2 saturated heterocycles. The molecule has 3 N–H and O–H groups in total. The van der Waals surface area contributed by atoms with E-state index in [1.165, 1.54) is 17.0 Å². The van der Waals surface area contributed by atoms with Gasteiger partial charge in [-0.15, -0.1) is 0 Å². The van der Waals surface area contributed by atoms with E-state index in [-0.39, 0.29) is 24.1 Å². The number of ether oxygens (including phenoxy) is 1. The Morgan fingerprint density at radius 1 is 1.42 bits per heavy atom. The maximum Gasteiger partial charge on any atom is 0.326 e. The van der Waals surface area contributed by atoms with E-state index in [4.69, 9.17) is 4.74 Å². The molecule has 140 valence electrons. The molecule has 2 aliphatic rings. The number of benzene rings is 1. The number of amides is 3. The fourth-order valence-corrected chi connectivity index (χ4v) is 3.20. The molecule has 2 aliphatic heterocycles. The molecule has 2 heterocycles. The third-order valence-electron chi connectivity index (χ3n) is 4.58. The molecule has 1 aromatic carbocycles. The Bertz CT molecular complexity index is 720. The van der Waals surface area contributed by atoms with E-state index in [0.29, 0.717) is 38.2 Å². The van der Waals surface area contributed by atoms with Gasteiger partial charge in [-0.2, -0.15) is 0 Å². The highest BCUT2D eigenvalue weighted by Gasteiger charge is 2.32. The van der Waals surface area contributed by atoms with Crippen molar-refractivity contribution in [3.05, 3.63) is 29.6 Å². The standard InChI is InChI=1S/C17H20FN3O5/c18-13-4-3-11(21-6-5-19-17(21)25)8-12(13)15(22)20-14(16(23)24)10-2-1-7-26-9-10/h3-4,8,10,14H,1-2,5-7,9H2,(H,19,25)(H,20,22)(H,23,24). The second-order valence-corrected chi connectivity index (χ2v) is 6.31. The minimum atomic E-state index is -1.19. The predicted octanol–water partition coefficient (Wildman–Crippen LogP) is 0.965. The molecule has 9 heteroatoms. The van der Waals surface area contributed by atoms with Gasteiger partial charge in [-0.05, 0) is 31.0 Å². The molecule has 0 radical (unpaired) electrons. The van der Waals surface area contributed by atoms with Gasteiger partial charge in [0.25, 0.3) is 5.91 Å². The first-order chi connectivity index (χ1) is 12.5. The molecule has 2 fully saturated rings. The SMILES string of the molecule is O=C(NC(C(=O)O)C1CCCOC1)c1cc(N2CCNC2=O)ccc1F. The summed E-state index contributed by atoms with van der Waals surface area (Å²) in [5.74, 6) is -3.18. The van der Waals surface area contributed by atoms with Gasteiger partial charge in [0.1, 0.15) is 11.9 Å². The van der Waals surface area contributed by atoms with E-state index < -0.39 is 23.7 Å². The Balaban J connectivity index is 1.79. The molecule has 0 spiro atoms. The van der Waals surface area contributed by atoms with E-state index in [0.717, 1.165) is 6.07 Å². The Morgan fingerprint density at radius 3 is 2.85 bits per heavy atom. The lowest BCUT2D eigenvalue weighted by atomic mass is 9.93. The van der Waals surface area contributed by atoms with Crippen molar-refractivity contribution in [3.8, 4) is 0 Å². The average molecular weight is 365 g/mol. The number of carboxylic acid groups (broad SMARTS) is 1. The lowest BCUT2D eigenvalue weighted by molar-refractivity contribution is -0.142. The molecule has 8 nitrogen and oxygen atoms in total. The zero-order chi connectivity index (χ0) is 18.7. The molecule has 1 aromatic rings. The van der Waals surface area contributed by atoms with Crippen LogP contribution in [-0.2, 0) is 9.53 Å². The maximum absolute atomic E-state index is 14.1. The fraction of sp³-hybridized carbons (Fsp3) is 0.471. The molecule has 2 unspecified atom stereocenters. The Hall–Kier alpha value is -2.68. The van der Waals surface area contributed by atoms with Gasteiger partial charge >= 0.3 is 12.0 Å². The molecule has 0 saturated carbocycles. The number of carboxylic acids is 1. The van der Waals surface area contributed by atoms with Gasteiger partial charge in [0.05, 0.1) is 12.2 Å². The molecule has 3 rings (SSSR count). The van der Waals surface area contributed by atoms with Gasteiger partial charge in [-0.3, -0.25) is 9.69 Å². The second-order valence-electron chi connectivity index (χ2n) is 6.31. The summed E-state index contributed by atoms with van der Waals surface area (Å²) in [6, 6.07) is 2.26. The van der Waals surface area contributed by atoms with Crippen LogP contribution in [-0.4, -0.2) is 55.4 Å². The van der Waals surface area contributed by atoms with Crippen LogP contribution in [0.3, 0.4) is 0 Å². The highest BCUT2D eigenvalue weighted by Crippen LogP contribution is 2.22. The Labute approximate surface area is 149 Å². The summed E-state index contributed by atoms with van der Waals surface area (Å²) < 4.78 is 19.4. The first-order valence-corrected chi connectivity index (χ1v) is 8.43. The average Bonchev–Trinajstić information content (AvgIpc) is 3.06. The lowest BCUT2D eigenvalue weighted by Gasteiger charge is -2.28. The number of nitrogens with zero attached hydrogens (tertiary/aromatic N) is 1. The van der Waals surface area contributed by atoms with Crippen molar-refractivity contribution < 1.29 is 28.6 Å². The quantitative estimate of drug-likeness (QED) is 0.720. The number of aliphatic carboxylic acids is 1. The smallest absolute Gasteiger partial charge is 0.326 e. The number of carbonyl (C=O) groups is 3. The van der Waals surface area contributed by atoms with Crippen LogP contribution in [0.15, 0.2) is 18.2 Å². The number of nitrogens with one attached hydrogen (secondary N) is 2. The first kappa shape index (κ1) is 18.1. The normalized spacial score (nSPS) is 21.2. The summed E-state index contributed by atoms with van der Waals surface area (Å²) in [6.45, 7) is 1.66. The summed E-state index contributed by atoms with van der Waals surface area (Å²) in [5, 5.41) is 14.4. The van der Waals surface area contributed by atoms with Crippen molar-refractivity contribution in [1.82, 2.24) is 10.6 Å². The highest BCUT2D eigenvalue weighted by molar-refractivity contribution is 6.00. The number of carbonyl (C=O) groups excluding carboxylic acids is 2. The van der Waals surface area contributed by atoms with Crippen molar-refractivity contribution in [2.45, 2.75) is 18.9 Å². The Kier molecular flexibility index (Phi) is 5.36. The van der Waals surface area contributed by atoms with Crippen molar-refractivity contribution >= 4 is 23.6 Å². The van der Waals surface area contributed by atoms with Crippen LogP contribution < -0.4 is 15.5 Å². The molecule has 0 bridgehead atoms. The maximum atomic E-state index is 14.1. The third kappa shape index (κ3) is 3.77. The zero-order valence-corrected chi connectivity index (χ0v) is 14.0. The topological polar surface area (TPSA) is 108 Å². The first-order valence-electron chi connectivity index (χ1n) is 8.43. The van der Waals surface area contributed by atoms with Crippen molar-refractivity contribution in [1.29, 1.82) is 0 Å². The van der Waals surface area contributed by atoms with Crippen molar-refractivity contribution in [3.63, 3.8) is 0 Å². The van der Waals surface area contributed by atoms with Gasteiger partial charge in [0, 0.05) is 31.3 Å². The molecule has 0 aromatic heterocycles. The zero-order valence-electron chi connectivity index (χ0n) is 14.0. The van der Waals surface area contributed by atoms with Gasteiger partial charge in [-0.25, -0.2) is 14.0 Å². The summed E-state index contributed by atoms with van der Waals surface area (Å²) >= 11 is 0. The number of halogens is 1. The van der Waals surface area contributed by atoms with Crippen LogP contribution in [0.25, 0.3) is 0 Å². The van der Waals surface area contributed by atoms with E-state index in [2.05, 4.69) is 10.6 Å². The van der Waals surface area contributed by atoms with Gasteiger partial charge in [0.15, 0.2) is 0 Å². The number of rotatable bonds is 5. The van der Waals surface area contributed by atoms with Crippen LogP contribution in [0.4, 0.5) is 14.9 Å². The van der Waals surface area contributed by atoms with Gasteiger partial charge in [-0.1, -0.05) is 0 Å². The molecule has 0 aliphatic carbocycles. The molecular weight excluding hydrogens is 345 g/mol. The predicted molar refractivity (Wildman–Crippen MR) is 89.6 cm³/mol. The van der Waals surface area contributed by atoms with Gasteiger partial charge < -0.3 is 20.5 Å². The largest absolute Gasteiger partial charge is 0.480 e. The van der Waals surface area contributed by atoms with E-state index >= 15 is 0 Å². The summed E-state index contributed by atoms with van der Waals surface area (Å²) in [7, 11) is 0. The highest BCUT2D eigenvalue weighted by atomic mass is 19.1. The lowest BCUT2D eigenvalue weighted by Crippen LogP contribution is -2.48. The number of urea groups is 1. The van der Waals surface area contributed by atoms with Crippen LogP contribution in [0.2, 0.25) is 0 Å². The fourth-order valence-electron chi connectivity index (χ4n) is 3.20. The summed E-state index contributed by atoms with van der Waals surface area (Å²) in [5.41, 5.74) is 0.0737. The monoisotopic (exact) mass is 365 g/mol.